The average Bonchev–Trinajstić information content (AvgIpc) is 3.30. The Kier molecular flexibility index (Phi) is 10.7. The van der Waals surface area contributed by atoms with Crippen LogP contribution in [-0.4, -0.2) is 90.8 Å². The van der Waals surface area contributed by atoms with Crippen LogP contribution in [0.25, 0.3) is 10.6 Å². The minimum atomic E-state index is -0.496. The summed E-state index contributed by atoms with van der Waals surface area (Å²) in [6.07, 6.45) is -0.214. The highest BCUT2D eigenvalue weighted by Crippen LogP contribution is 2.33. The van der Waals surface area contributed by atoms with Gasteiger partial charge in [0.25, 0.3) is 0 Å². The van der Waals surface area contributed by atoms with Gasteiger partial charge in [0.05, 0.1) is 23.7 Å². The first-order valence-corrected chi connectivity index (χ1v) is 13.8. The maximum Gasteiger partial charge on any atom is 0.410 e. The Morgan fingerprint density at radius 2 is 1.89 bits per heavy atom. The fourth-order valence-corrected chi connectivity index (χ4v) is 4.83. The first-order valence-electron chi connectivity index (χ1n) is 12.5. The van der Waals surface area contributed by atoms with Crippen LogP contribution in [0.1, 0.15) is 33.4 Å². The van der Waals surface area contributed by atoms with Crippen molar-refractivity contribution in [1.82, 2.24) is 20.1 Å². The largest absolute Gasteiger partial charge is 0.492 e. The van der Waals surface area contributed by atoms with E-state index < -0.39 is 11.6 Å². The number of nitrogens with one attached hydrogen (secondary N) is 1. The van der Waals surface area contributed by atoms with Crippen molar-refractivity contribution >= 4 is 40.9 Å². The summed E-state index contributed by atoms with van der Waals surface area (Å²) in [6, 6.07) is 5.44. The molecule has 0 saturated carbocycles. The second-order valence-electron chi connectivity index (χ2n) is 9.70. The van der Waals surface area contributed by atoms with Gasteiger partial charge in [0.1, 0.15) is 29.5 Å². The molecule has 1 fully saturated rings. The number of aromatic nitrogens is 1. The quantitative estimate of drug-likeness (QED) is 0.434. The number of thiazole rings is 1. The molecular weight excluding hydrogens is 532 g/mol. The lowest BCUT2D eigenvalue weighted by Crippen LogP contribution is -2.50. The Morgan fingerprint density at radius 3 is 2.55 bits per heavy atom. The number of esters is 1. The van der Waals surface area contributed by atoms with Gasteiger partial charge in [0.15, 0.2) is 0 Å². The number of halogens is 1. The maximum absolute atomic E-state index is 12.2. The summed E-state index contributed by atoms with van der Waals surface area (Å²) in [4.78, 5) is 44.1. The number of benzene rings is 1. The van der Waals surface area contributed by atoms with Crippen LogP contribution in [0.5, 0.6) is 5.75 Å². The van der Waals surface area contributed by atoms with Crippen molar-refractivity contribution in [2.45, 2.75) is 39.7 Å². The average molecular weight is 567 g/mol. The van der Waals surface area contributed by atoms with Gasteiger partial charge in [-0.15, -0.1) is 11.3 Å². The number of rotatable bonds is 10. The van der Waals surface area contributed by atoms with Crippen molar-refractivity contribution in [3.05, 3.63) is 34.3 Å². The molecule has 0 unspecified atom stereocenters. The molecule has 1 saturated heterocycles. The number of hydrogen-bond acceptors (Lipinski definition) is 9. The molecule has 1 aromatic carbocycles. The smallest absolute Gasteiger partial charge is 0.410 e. The molecule has 1 aromatic heterocycles. The van der Waals surface area contributed by atoms with Gasteiger partial charge in [-0.1, -0.05) is 11.6 Å². The number of hydrogen-bond donors (Lipinski definition) is 1. The van der Waals surface area contributed by atoms with Crippen LogP contribution in [0.2, 0.25) is 5.02 Å². The Hall–Kier alpha value is -2.89. The molecule has 0 atom stereocenters. The molecule has 0 spiro atoms. The number of piperazine rings is 1. The zero-order valence-corrected chi connectivity index (χ0v) is 23.8. The van der Waals surface area contributed by atoms with Crippen molar-refractivity contribution < 1.29 is 28.6 Å². The lowest BCUT2D eigenvalue weighted by atomic mass is 10.2. The van der Waals surface area contributed by atoms with E-state index >= 15 is 0 Å². The zero-order chi connectivity index (χ0) is 27.7. The molecule has 3 rings (SSSR count). The zero-order valence-electron chi connectivity index (χ0n) is 22.3. The molecule has 0 radical (unpaired) electrons. The van der Waals surface area contributed by atoms with Crippen LogP contribution < -0.4 is 10.1 Å². The number of amides is 2. The molecule has 0 aliphatic carbocycles. The van der Waals surface area contributed by atoms with Gasteiger partial charge >= 0.3 is 12.1 Å². The van der Waals surface area contributed by atoms with Crippen molar-refractivity contribution in [2.24, 2.45) is 0 Å². The topological polar surface area (TPSA) is 110 Å². The molecule has 2 amide bonds. The van der Waals surface area contributed by atoms with Gasteiger partial charge in [-0.3, -0.25) is 14.5 Å². The Balaban J connectivity index is 1.43. The van der Waals surface area contributed by atoms with E-state index in [2.05, 4.69) is 15.2 Å². The van der Waals surface area contributed by atoms with E-state index in [4.69, 9.17) is 25.8 Å². The van der Waals surface area contributed by atoms with Crippen LogP contribution in [0, 0.1) is 0 Å². The summed E-state index contributed by atoms with van der Waals surface area (Å²) < 4.78 is 16.1. The van der Waals surface area contributed by atoms with E-state index in [1.54, 1.807) is 23.3 Å². The fourth-order valence-electron chi connectivity index (χ4n) is 3.65. The molecule has 1 aliphatic heterocycles. The molecule has 38 heavy (non-hydrogen) atoms. The minimum Gasteiger partial charge on any atom is -0.492 e. The van der Waals surface area contributed by atoms with Crippen molar-refractivity contribution in [2.75, 3.05) is 52.5 Å². The SMILES string of the molecule is CCOC(=O)CNC(=O)Cc1csc(-c2ccc(OCCN3CCN(C(=O)OC(C)(C)C)CC3)cc2Cl)n1. The van der Waals surface area contributed by atoms with Crippen LogP contribution in [0.15, 0.2) is 23.6 Å². The highest BCUT2D eigenvalue weighted by Gasteiger charge is 2.25. The van der Waals surface area contributed by atoms with Gasteiger partial charge in [0.2, 0.25) is 5.91 Å². The predicted molar refractivity (Wildman–Crippen MR) is 146 cm³/mol. The van der Waals surface area contributed by atoms with Gasteiger partial charge in [-0.25, -0.2) is 9.78 Å². The number of nitrogens with zero attached hydrogens (tertiary/aromatic N) is 3. The van der Waals surface area contributed by atoms with Crippen LogP contribution in [-0.2, 0) is 25.5 Å². The van der Waals surface area contributed by atoms with Crippen molar-refractivity contribution in [1.29, 1.82) is 0 Å². The molecule has 208 valence electrons. The molecule has 2 aromatic rings. The summed E-state index contributed by atoms with van der Waals surface area (Å²) in [5.74, 6) is -0.132. The normalized spacial score (nSPS) is 14.2. The summed E-state index contributed by atoms with van der Waals surface area (Å²) in [5, 5.41) is 5.51. The van der Waals surface area contributed by atoms with E-state index in [1.807, 2.05) is 32.9 Å². The van der Waals surface area contributed by atoms with E-state index in [0.29, 0.717) is 41.2 Å². The van der Waals surface area contributed by atoms with Crippen molar-refractivity contribution in [3.63, 3.8) is 0 Å². The van der Waals surface area contributed by atoms with E-state index in [0.717, 1.165) is 25.2 Å². The molecule has 0 bridgehead atoms. The molecule has 2 heterocycles. The van der Waals surface area contributed by atoms with E-state index in [-0.39, 0.29) is 31.6 Å². The Morgan fingerprint density at radius 1 is 1.16 bits per heavy atom. The van der Waals surface area contributed by atoms with Gasteiger partial charge in [-0.2, -0.15) is 0 Å². The first-order chi connectivity index (χ1) is 18.0. The molecule has 1 N–H and O–H groups in total. The van der Waals surface area contributed by atoms with Crippen molar-refractivity contribution in [3.8, 4) is 16.3 Å². The summed E-state index contributed by atoms with van der Waals surface area (Å²) in [5.41, 5.74) is 0.846. The monoisotopic (exact) mass is 566 g/mol. The van der Waals surface area contributed by atoms with Crippen LogP contribution >= 0.6 is 22.9 Å². The van der Waals surface area contributed by atoms with Crippen LogP contribution in [0.4, 0.5) is 4.79 Å². The molecule has 1 aliphatic rings. The lowest BCUT2D eigenvalue weighted by molar-refractivity contribution is -0.143. The summed E-state index contributed by atoms with van der Waals surface area (Å²) in [7, 11) is 0. The Bertz CT molecular complexity index is 1110. The minimum absolute atomic E-state index is 0.0563. The summed E-state index contributed by atoms with van der Waals surface area (Å²) in [6.45, 7) is 11.4. The van der Waals surface area contributed by atoms with Gasteiger partial charge in [0, 0.05) is 43.7 Å². The second-order valence-corrected chi connectivity index (χ2v) is 11.0. The van der Waals surface area contributed by atoms with E-state index in [9.17, 15) is 14.4 Å². The third-order valence-corrected chi connectivity index (χ3v) is 6.74. The Labute approximate surface area is 232 Å². The maximum atomic E-state index is 12.2. The second kappa shape index (κ2) is 13.8. The third kappa shape index (κ3) is 9.45. The van der Waals surface area contributed by atoms with Gasteiger partial charge < -0.3 is 24.4 Å². The van der Waals surface area contributed by atoms with Crippen LogP contribution in [0.3, 0.4) is 0 Å². The predicted octanol–water partition coefficient (Wildman–Crippen LogP) is 3.62. The first kappa shape index (κ1) is 29.7. The number of ether oxygens (including phenoxy) is 3. The molecule has 10 nitrogen and oxygen atoms in total. The molecule has 12 heteroatoms. The fraction of sp³-hybridized carbons (Fsp3) is 0.538. The molecular formula is C26H35ClN4O6S. The standard InChI is InChI=1S/C26H35ClN4O6S/c1-5-35-23(33)16-28-22(32)14-18-17-38-24(29-18)20-7-6-19(15-21(20)27)36-13-12-30-8-10-31(11-9-30)25(34)37-26(2,3)4/h6-7,15,17H,5,8-14,16H2,1-4H3,(H,28,32). The number of carbonyl (C=O) groups excluding carboxylic acids is 3. The number of carbonyl (C=O) groups is 3. The highest BCUT2D eigenvalue weighted by molar-refractivity contribution is 7.13. The highest BCUT2D eigenvalue weighted by atomic mass is 35.5. The summed E-state index contributed by atoms with van der Waals surface area (Å²) >= 11 is 7.90. The lowest BCUT2D eigenvalue weighted by Gasteiger charge is -2.35. The van der Waals surface area contributed by atoms with Gasteiger partial charge in [-0.05, 0) is 45.9 Å². The third-order valence-electron chi connectivity index (χ3n) is 5.50. The van der Waals surface area contributed by atoms with E-state index in [1.165, 1.54) is 11.3 Å².